The van der Waals surface area contributed by atoms with Crippen molar-refractivity contribution in [3.8, 4) is 0 Å². The van der Waals surface area contributed by atoms with Gasteiger partial charge in [0.2, 0.25) is 0 Å². The molecule has 0 bridgehead atoms. The molecule has 0 radical (unpaired) electrons. The molecule has 4 heteroatoms. The van der Waals surface area contributed by atoms with Crippen LogP contribution < -0.4 is 10.2 Å². The number of piperazine rings is 1. The number of nitrogens with zero attached hydrogens (tertiary/aromatic N) is 3. The number of likely N-dealkylation sites (tertiary alicyclic amines) is 1. The standard InChI is InChI=1S/C19H32N4/c1-3-10-22-12-14-23(15-13-22)18-8-6-17(7-9-18)20-16-19-5-4-11-21(19)2/h6-9,19-20H,3-5,10-16H2,1-2H3. The molecular weight excluding hydrogens is 284 g/mol. The Hall–Kier alpha value is -1.26. The third-order valence-corrected chi connectivity index (χ3v) is 5.36. The molecule has 1 aromatic carbocycles. The fourth-order valence-electron chi connectivity index (χ4n) is 3.81. The highest BCUT2D eigenvalue weighted by Crippen LogP contribution is 2.21. The molecule has 128 valence electrons. The average Bonchev–Trinajstić information content (AvgIpc) is 3.00. The lowest BCUT2D eigenvalue weighted by Gasteiger charge is -2.36. The number of hydrogen-bond donors (Lipinski definition) is 1. The Labute approximate surface area is 141 Å². The lowest BCUT2D eigenvalue weighted by atomic mass is 10.2. The molecule has 0 saturated carbocycles. The summed E-state index contributed by atoms with van der Waals surface area (Å²) in [5.41, 5.74) is 2.61. The number of nitrogens with one attached hydrogen (secondary N) is 1. The van der Waals surface area contributed by atoms with Gasteiger partial charge in [0.1, 0.15) is 0 Å². The first-order chi connectivity index (χ1) is 11.3. The van der Waals surface area contributed by atoms with E-state index in [1.807, 2.05) is 0 Å². The predicted octanol–water partition coefficient (Wildman–Crippen LogP) is 2.72. The molecule has 0 spiro atoms. The third kappa shape index (κ3) is 4.39. The van der Waals surface area contributed by atoms with Crippen molar-refractivity contribution in [3.05, 3.63) is 24.3 Å². The van der Waals surface area contributed by atoms with Gasteiger partial charge in [-0.15, -0.1) is 0 Å². The van der Waals surface area contributed by atoms with E-state index in [0.29, 0.717) is 6.04 Å². The monoisotopic (exact) mass is 316 g/mol. The second-order valence-corrected chi connectivity index (χ2v) is 7.03. The third-order valence-electron chi connectivity index (χ3n) is 5.36. The van der Waals surface area contributed by atoms with E-state index in [2.05, 4.69) is 58.3 Å². The SMILES string of the molecule is CCCN1CCN(c2ccc(NCC3CCCN3C)cc2)CC1. The maximum absolute atomic E-state index is 3.60. The van der Waals surface area contributed by atoms with Gasteiger partial charge >= 0.3 is 0 Å². The molecule has 0 aromatic heterocycles. The summed E-state index contributed by atoms with van der Waals surface area (Å²) >= 11 is 0. The van der Waals surface area contributed by atoms with Gasteiger partial charge in [0.05, 0.1) is 0 Å². The summed E-state index contributed by atoms with van der Waals surface area (Å²) in [6.45, 7) is 10.5. The van der Waals surface area contributed by atoms with Gasteiger partial charge in [0, 0.05) is 50.1 Å². The Morgan fingerprint density at radius 1 is 1.04 bits per heavy atom. The van der Waals surface area contributed by atoms with Gasteiger partial charge in [0.25, 0.3) is 0 Å². The van der Waals surface area contributed by atoms with E-state index in [-0.39, 0.29) is 0 Å². The largest absolute Gasteiger partial charge is 0.383 e. The second-order valence-electron chi connectivity index (χ2n) is 7.03. The van der Waals surface area contributed by atoms with Crippen molar-refractivity contribution in [1.82, 2.24) is 9.80 Å². The minimum absolute atomic E-state index is 0.696. The van der Waals surface area contributed by atoms with Crippen LogP contribution in [0.3, 0.4) is 0 Å². The number of anilines is 2. The van der Waals surface area contributed by atoms with Crippen molar-refractivity contribution in [1.29, 1.82) is 0 Å². The van der Waals surface area contributed by atoms with Crippen LogP contribution in [0.5, 0.6) is 0 Å². The van der Waals surface area contributed by atoms with Crippen LogP contribution in [-0.2, 0) is 0 Å². The molecule has 4 nitrogen and oxygen atoms in total. The van der Waals surface area contributed by atoms with E-state index in [9.17, 15) is 0 Å². The summed E-state index contributed by atoms with van der Waals surface area (Å²) in [6.07, 6.45) is 3.92. The molecule has 1 aromatic rings. The van der Waals surface area contributed by atoms with Gasteiger partial charge in [0.15, 0.2) is 0 Å². The molecule has 2 fully saturated rings. The normalized spacial score (nSPS) is 23.4. The van der Waals surface area contributed by atoms with Crippen molar-refractivity contribution < 1.29 is 0 Å². The zero-order valence-electron chi connectivity index (χ0n) is 14.8. The Morgan fingerprint density at radius 2 is 1.78 bits per heavy atom. The second kappa shape index (κ2) is 8.02. The zero-order chi connectivity index (χ0) is 16.1. The van der Waals surface area contributed by atoms with Crippen molar-refractivity contribution in [3.63, 3.8) is 0 Å². The molecule has 1 unspecified atom stereocenters. The van der Waals surface area contributed by atoms with E-state index in [1.54, 1.807) is 0 Å². The molecule has 2 aliphatic rings. The van der Waals surface area contributed by atoms with Gasteiger partial charge in [-0.2, -0.15) is 0 Å². The molecule has 1 atom stereocenters. The lowest BCUT2D eigenvalue weighted by molar-refractivity contribution is 0.258. The first kappa shape index (κ1) is 16.6. The van der Waals surface area contributed by atoms with Crippen molar-refractivity contribution in [2.45, 2.75) is 32.2 Å². The summed E-state index contributed by atoms with van der Waals surface area (Å²) in [4.78, 5) is 7.56. The van der Waals surface area contributed by atoms with Crippen molar-refractivity contribution >= 4 is 11.4 Å². The fraction of sp³-hybridized carbons (Fsp3) is 0.684. The van der Waals surface area contributed by atoms with Crippen LogP contribution in [0.4, 0.5) is 11.4 Å². The van der Waals surface area contributed by atoms with Crippen LogP contribution in [0.1, 0.15) is 26.2 Å². The van der Waals surface area contributed by atoms with Crippen LogP contribution in [0, 0.1) is 0 Å². The van der Waals surface area contributed by atoms with Gasteiger partial charge < -0.3 is 15.1 Å². The Bertz CT molecular complexity index is 465. The first-order valence-electron chi connectivity index (χ1n) is 9.27. The Balaban J connectivity index is 1.47. The molecule has 0 amide bonds. The maximum atomic E-state index is 3.60. The zero-order valence-corrected chi connectivity index (χ0v) is 14.8. The van der Waals surface area contributed by atoms with E-state index < -0.39 is 0 Å². The van der Waals surface area contributed by atoms with Crippen LogP contribution in [0.2, 0.25) is 0 Å². The van der Waals surface area contributed by atoms with Gasteiger partial charge in [-0.25, -0.2) is 0 Å². The molecule has 2 saturated heterocycles. The molecule has 2 heterocycles. The van der Waals surface area contributed by atoms with E-state index in [4.69, 9.17) is 0 Å². The van der Waals surface area contributed by atoms with Gasteiger partial charge in [-0.1, -0.05) is 6.92 Å². The van der Waals surface area contributed by atoms with Crippen LogP contribution >= 0.6 is 0 Å². The quantitative estimate of drug-likeness (QED) is 0.871. The number of hydrogen-bond acceptors (Lipinski definition) is 4. The highest BCUT2D eigenvalue weighted by Gasteiger charge is 2.20. The van der Waals surface area contributed by atoms with Crippen LogP contribution in [0.15, 0.2) is 24.3 Å². The topological polar surface area (TPSA) is 21.8 Å². The average molecular weight is 316 g/mol. The number of rotatable bonds is 6. The van der Waals surface area contributed by atoms with E-state index in [0.717, 1.165) is 19.6 Å². The molecule has 23 heavy (non-hydrogen) atoms. The molecular formula is C19H32N4. The minimum Gasteiger partial charge on any atom is -0.383 e. The van der Waals surface area contributed by atoms with Crippen molar-refractivity contribution in [2.75, 3.05) is 63.1 Å². The Morgan fingerprint density at radius 3 is 2.39 bits per heavy atom. The summed E-state index contributed by atoms with van der Waals surface area (Å²) in [5.74, 6) is 0. The summed E-state index contributed by atoms with van der Waals surface area (Å²) in [7, 11) is 2.24. The van der Waals surface area contributed by atoms with E-state index >= 15 is 0 Å². The van der Waals surface area contributed by atoms with Crippen LogP contribution in [0.25, 0.3) is 0 Å². The minimum atomic E-state index is 0.696. The molecule has 2 aliphatic heterocycles. The number of benzene rings is 1. The Kier molecular flexibility index (Phi) is 5.79. The number of likely N-dealkylation sites (N-methyl/N-ethyl adjacent to an activating group) is 1. The molecule has 1 N–H and O–H groups in total. The first-order valence-corrected chi connectivity index (χ1v) is 9.27. The highest BCUT2D eigenvalue weighted by molar-refractivity contribution is 5.55. The smallest absolute Gasteiger partial charge is 0.0368 e. The maximum Gasteiger partial charge on any atom is 0.0368 e. The van der Waals surface area contributed by atoms with Crippen molar-refractivity contribution in [2.24, 2.45) is 0 Å². The molecule has 3 rings (SSSR count). The van der Waals surface area contributed by atoms with Crippen LogP contribution in [-0.4, -0.2) is 68.7 Å². The summed E-state index contributed by atoms with van der Waals surface area (Å²) in [5, 5.41) is 3.60. The summed E-state index contributed by atoms with van der Waals surface area (Å²) < 4.78 is 0. The van der Waals surface area contributed by atoms with Gasteiger partial charge in [-0.3, -0.25) is 4.90 Å². The molecule has 0 aliphatic carbocycles. The van der Waals surface area contributed by atoms with E-state index in [1.165, 1.54) is 56.8 Å². The predicted molar refractivity (Wildman–Crippen MR) is 99.5 cm³/mol. The highest BCUT2D eigenvalue weighted by atomic mass is 15.3. The van der Waals surface area contributed by atoms with Gasteiger partial charge in [-0.05, 0) is 63.7 Å². The fourth-order valence-corrected chi connectivity index (χ4v) is 3.81. The lowest BCUT2D eigenvalue weighted by Crippen LogP contribution is -2.46. The summed E-state index contributed by atoms with van der Waals surface area (Å²) in [6, 6.07) is 9.72.